The van der Waals surface area contributed by atoms with Crippen LogP contribution in [0.2, 0.25) is 5.02 Å². The van der Waals surface area contributed by atoms with E-state index < -0.39 is 5.97 Å². The maximum atomic E-state index is 10.8. The van der Waals surface area contributed by atoms with Crippen LogP contribution in [0.3, 0.4) is 0 Å². The molecular formula is C13H18ClN3O3. The minimum Gasteiger partial charge on any atom is -0.481 e. The summed E-state index contributed by atoms with van der Waals surface area (Å²) in [5.74, 6) is -0.143. The Morgan fingerprint density at radius 2 is 2.40 bits per heavy atom. The maximum Gasteiger partial charge on any atom is 0.318 e. The van der Waals surface area contributed by atoms with Gasteiger partial charge < -0.3 is 14.7 Å². The highest BCUT2D eigenvalue weighted by Crippen LogP contribution is 2.31. The minimum atomic E-state index is -0.776. The van der Waals surface area contributed by atoms with E-state index in [0.29, 0.717) is 17.3 Å². The van der Waals surface area contributed by atoms with Crippen LogP contribution in [-0.4, -0.2) is 40.7 Å². The average molecular weight is 300 g/mol. The largest absolute Gasteiger partial charge is 0.481 e. The van der Waals surface area contributed by atoms with Gasteiger partial charge in [-0.2, -0.15) is 4.98 Å². The number of rotatable bonds is 5. The average Bonchev–Trinajstić information content (AvgIpc) is 2.46. The molecule has 1 unspecified atom stereocenters. The van der Waals surface area contributed by atoms with E-state index in [1.54, 1.807) is 0 Å². The summed E-state index contributed by atoms with van der Waals surface area (Å²) < 4.78 is 5.03. The molecule has 0 amide bonds. The summed E-state index contributed by atoms with van der Waals surface area (Å²) in [6, 6.07) is 0.420. The highest BCUT2D eigenvalue weighted by Gasteiger charge is 2.26. The molecule has 0 spiro atoms. The molecule has 0 aromatic carbocycles. The molecule has 1 aliphatic heterocycles. The standard InChI is InChI=1S/C13H18ClN3O3/c1-20-13-15-8-10(14)12(16-13)17-7-3-2-4-9(17)5-6-11(18)19/h8-9H,2-7H2,1H3,(H,18,19). The molecule has 20 heavy (non-hydrogen) atoms. The lowest BCUT2D eigenvalue weighted by atomic mass is 9.98. The van der Waals surface area contributed by atoms with Gasteiger partial charge in [0.15, 0.2) is 5.82 Å². The molecule has 1 fully saturated rings. The van der Waals surface area contributed by atoms with Crippen molar-refractivity contribution in [3.8, 4) is 6.01 Å². The predicted octanol–water partition coefficient (Wildman–Crippen LogP) is 2.36. The SMILES string of the molecule is COc1ncc(Cl)c(N2CCCCC2CCC(=O)O)n1. The van der Waals surface area contributed by atoms with Crippen molar-refractivity contribution >= 4 is 23.4 Å². The van der Waals surface area contributed by atoms with Crippen LogP contribution in [0.1, 0.15) is 32.1 Å². The number of hydrogen-bond acceptors (Lipinski definition) is 5. The molecule has 7 heteroatoms. The van der Waals surface area contributed by atoms with Crippen LogP contribution in [0.15, 0.2) is 6.20 Å². The van der Waals surface area contributed by atoms with E-state index in [0.717, 1.165) is 25.8 Å². The van der Waals surface area contributed by atoms with Gasteiger partial charge in [0.2, 0.25) is 0 Å². The molecule has 1 aromatic heterocycles. The number of methoxy groups -OCH3 is 1. The Morgan fingerprint density at radius 3 is 3.10 bits per heavy atom. The lowest BCUT2D eigenvalue weighted by molar-refractivity contribution is -0.137. The predicted molar refractivity (Wildman–Crippen MR) is 75.4 cm³/mol. The Balaban J connectivity index is 2.20. The zero-order chi connectivity index (χ0) is 14.5. The third kappa shape index (κ3) is 3.50. The minimum absolute atomic E-state index is 0.150. The van der Waals surface area contributed by atoms with Gasteiger partial charge in [-0.1, -0.05) is 11.6 Å². The second kappa shape index (κ2) is 6.74. The van der Waals surface area contributed by atoms with Gasteiger partial charge in [-0.15, -0.1) is 0 Å². The normalized spacial score (nSPS) is 18.9. The maximum absolute atomic E-state index is 10.8. The molecule has 1 atom stereocenters. The van der Waals surface area contributed by atoms with Crippen LogP contribution in [0.5, 0.6) is 6.01 Å². The second-order valence-corrected chi connectivity index (χ2v) is 5.21. The molecule has 1 aliphatic rings. The first kappa shape index (κ1) is 14.8. The molecule has 0 aliphatic carbocycles. The van der Waals surface area contributed by atoms with Gasteiger partial charge in [0.1, 0.15) is 5.02 Å². The van der Waals surface area contributed by atoms with Crippen molar-refractivity contribution in [3.63, 3.8) is 0 Å². The first-order valence-electron chi connectivity index (χ1n) is 6.66. The first-order valence-corrected chi connectivity index (χ1v) is 7.04. The van der Waals surface area contributed by atoms with E-state index in [1.165, 1.54) is 13.3 Å². The number of carbonyl (C=O) groups is 1. The molecule has 6 nitrogen and oxygen atoms in total. The Hall–Kier alpha value is -1.56. The van der Waals surface area contributed by atoms with E-state index in [2.05, 4.69) is 14.9 Å². The molecule has 0 radical (unpaired) electrons. The van der Waals surface area contributed by atoms with Crippen molar-refractivity contribution in [1.29, 1.82) is 0 Å². The summed E-state index contributed by atoms with van der Waals surface area (Å²) in [4.78, 5) is 21.1. The van der Waals surface area contributed by atoms with Crippen molar-refractivity contribution in [2.45, 2.75) is 38.1 Å². The van der Waals surface area contributed by atoms with E-state index in [4.69, 9.17) is 21.4 Å². The summed E-state index contributed by atoms with van der Waals surface area (Å²) in [5.41, 5.74) is 0. The lowest BCUT2D eigenvalue weighted by Gasteiger charge is -2.36. The van der Waals surface area contributed by atoms with Crippen molar-refractivity contribution in [1.82, 2.24) is 9.97 Å². The summed E-state index contributed by atoms with van der Waals surface area (Å²) in [7, 11) is 1.51. The number of nitrogens with zero attached hydrogens (tertiary/aromatic N) is 3. The number of anilines is 1. The Kier molecular flexibility index (Phi) is 5.00. The van der Waals surface area contributed by atoms with Crippen molar-refractivity contribution in [2.24, 2.45) is 0 Å². The molecule has 0 saturated carbocycles. The summed E-state index contributed by atoms with van der Waals surface area (Å²) in [6.45, 7) is 0.824. The van der Waals surface area contributed by atoms with Crippen molar-refractivity contribution in [3.05, 3.63) is 11.2 Å². The zero-order valence-electron chi connectivity index (χ0n) is 11.4. The quantitative estimate of drug-likeness (QED) is 0.899. The van der Waals surface area contributed by atoms with Crippen LogP contribution in [-0.2, 0) is 4.79 Å². The Morgan fingerprint density at radius 1 is 1.60 bits per heavy atom. The third-order valence-corrected chi connectivity index (χ3v) is 3.74. The van der Waals surface area contributed by atoms with Crippen LogP contribution < -0.4 is 9.64 Å². The third-order valence-electron chi connectivity index (χ3n) is 3.48. The first-order chi connectivity index (χ1) is 9.61. The molecule has 1 N–H and O–H groups in total. The van der Waals surface area contributed by atoms with Gasteiger partial charge in [0.05, 0.1) is 13.3 Å². The number of carboxylic acid groups (broad SMARTS) is 1. The molecule has 110 valence electrons. The van der Waals surface area contributed by atoms with E-state index >= 15 is 0 Å². The smallest absolute Gasteiger partial charge is 0.318 e. The number of aromatic nitrogens is 2. The summed E-state index contributed by atoms with van der Waals surface area (Å²) in [5, 5.41) is 9.31. The van der Waals surface area contributed by atoms with Crippen LogP contribution >= 0.6 is 11.6 Å². The monoisotopic (exact) mass is 299 g/mol. The van der Waals surface area contributed by atoms with Crippen LogP contribution in [0.25, 0.3) is 0 Å². The fourth-order valence-electron chi connectivity index (χ4n) is 2.51. The van der Waals surface area contributed by atoms with E-state index in [-0.39, 0.29) is 18.5 Å². The van der Waals surface area contributed by atoms with Gasteiger partial charge in [-0.25, -0.2) is 4.98 Å². The number of halogens is 1. The van der Waals surface area contributed by atoms with Gasteiger partial charge in [0.25, 0.3) is 0 Å². The van der Waals surface area contributed by atoms with Gasteiger partial charge in [-0.05, 0) is 25.7 Å². The fraction of sp³-hybridized carbons (Fsp3) is 0.615. The van der Waals surface area contributed by atoms with Crippen molar-refractivity contribution in [2.75, 3.05) is 18.6 Å². The number of piperidine rings is 1. The van der Waals surface area contributed by atoms with Gasteiger partial charge in [0, 0.05) is 19.0 Å². The molecule has 0 bridgehead atoms. The highest BCUT2D eigenvalue weighted by atomic mass is 35.5. The zero-order valence-corrected chi connectivity index (χ0v) is 12.1. The number of carboxylic acids is 1. The van der Waals surface area contributed by atoms with Crippen molar-refractivity contribution < 1.29 is 14.6 Å². The molecular weight excluding hydrogens is 282 g/mol. The molecule has 1 aromatic rings. The lowest BCUT2D eigenvalue weighted by Crippen LogP contribution is -2.40. The number of aliphatic carboxylic acids is 1. The fourth-order valence-corrected chi connectivity index (χ4v) is 2.71. The summed E-state index contributed by atoms with van der Waals surface area (Å²) >= 11 is 6.18. The topological polar surface area (TPSA) is 75.5 Å². The number of ether oxygens (including phenoxy) is 1. The second-order valence-electron chi connectivity index (χ2n) is 4.80. The van der Waals surface area contributed by atoms with E-state index in [1.807, 2.05) is 0 Å². The molecule has 1 saturated heterocycles. The highest BCUT2D eigenvalue weighted by molar-refractivity contribution is 6.32. The molecule has 2 heterocycles. The van der Waals surface area contributed by atoms with Gasteiger partial charge in [-0.3, -0.25) is 4.79 Å². The van der Waals surface area contributed by atoms with Crippen LogP contribution in [0.4, 0.5) is 5.82 Å². The van der Waals surface area contributed by atoms with Gasteiger partial charge >= 0.3 is 12.0 Å². The number of hydrogen-bond donors (Lipinski definition) is 1. The van der Waals surface area contributed by atoms with Crippen LogP contribution in [0, 0.1) is 0 Å². The van der Waals surface area contributed by atoms with E-state index in [9.17, 15) is 4.79 Å². The summed E-state index contributed by atoms with van der Waals surface area (Å²) in [6.07, 6.45) is 5.37. The Bertz CT molecular complexity index is 484. The Labute approximate surface area is 122 Å². The molecule has 2 rings (SSSR count).